The summed E-state index contributed by atoms with van der Waals surface area (Å²) in [4.78, 5) is 0. The maximum Gasteiger partial charge on any atom is 0.0251 e. The van der Waals surface area contributed by atoms with E-state index in [0.717, 1.165) is 5.70 Å². The molecule has 0 aromatic carbocycles. The summed E-state index contributed by atoms with van der Waals surface area (Å²) in [5, 5.41) is 0. The third kappa shape index (κ3) is 0.766. The number of hydrogen-bond donors (Lipinski definition) is 1. The van der Waals surface area contributed by atoms with Crippen molar-refractivity contribution >= 4 is 0 Å². The normalized spacial score (nSPS) is 23.4. The van der Waals surface area contributed by atoms with Crippen LogP contribution < -0.4 is 5.73 Å². The van der Waals surface area contributed by atoms with E-state index in [2.05, 4.69) is 26.8 Å². The SMILES string of the molecule is CC1=CC=C(N)C1(C)C. The summed E-state index contributed by atoms with van der Waals surface area (Å²) in [6.07, 6.45) is 4.06. The minimum atomic E-state index is 0.111. The minimum Gasteiger partial charge on any atom is -0.401 e. The lowest BCUT2D eigenvalue weighted by Gasteiger charge is -2.21. The maximum absolute atomic E-state index is 5.71. The Kier molecular flexibility index (Phi) is 1.16. The van der Waals surface area contributed by atoms with E-state index in [4.69, 9.17) is 5.73 Å². The Hall–Kier alpha value is -0.720. The zero-order valence-electron chi connectivity index (χ0n) is 6.23. The second-order valence-corrected chi connectivity index (χ2v) is 3.10. The highest BCUT2D eigenvalue weighted by Gasteiger charge is 2.25. The fourth-order valence-corrected chi connectivity index (χ4v) is 0.859. The van der Waals surface area contributed by atoms with Crippen molar-refractivity contribution in [1.82, 2.24) is 0 Å². The van der Waals surface area contributed by atoms with Crippen molar-refractivity contribution in [2.45, 2.75) is 20.8 Å². The van der Waals surface area contributed by atoms with Gasteiger partial charge in [0, 0.05) is 11.1 Å². The molecule has 0 amide bonds. The van der Waals surface area contributed by atoms with Gasteiger partial charge >= 0.3 is 0 Å². The third-order valence-corrected chi connectivity index (χ3v) is 2.22. The first-order valence-electron chi connectivity index (χ1n) is 3.20. The van der Waals surface area contributed by atoms with Crippen molar-refractivity contribution in [3.8, 4) is 0 Å². The van der Waals surface area contributed by atoms with Crippen LogP contribution in [0.1, 0.15) is 20.8 Å². The topological polar surface area (TPSA) is 26.0 Å². The Morgan fingerprint density at radius 2 is 1.89 bits per heavy atom. The molecule has 2 N–H and O–H groups in total. The molecule has 0 radical (unpaired) electrons. The van der Waals surface area contributed by atoms with Crippen LogP contribution in [0.3, 0.4) is 0 Å². The van der Waals surface area contributed by atoms with Crippen LogP contribution in [-0.2, 0) is 0 Å². The van der Waals surface area contributed by atoms with E-state index in [1.165, 1.54) is 5.57 Å². The molecule has 0 bridgehead atoms. The molecule has 0 saturated carbocycles. The number of rotatable bonds is 0. The van der Waals surface area contributed by atoms with Crippen LogP contribution in [0.25, 0.3) is 0 Å². The Labute approximate surface area is 56.2 Å². The van der Waals surface area contributed by atoms with Gasteiger partial charge in [0.15, 0.2) is 0 Å². The van der Waals surface area contributed by atoms with Crippen LogP contribution >= 0.6 is 0 Å². The molecule has 0 atom stereocenters. The first-order valence-corrected chi connectivity index (χ1v) is 3.20. The highest BCUT2D eigenvalue weighted by Crippen LogP contribution is 2.35. The van der Waals surface area contributed by atoms with Gasteiger partial charge < -0.3 is 5.73 Å². The van der Waals surface area contributed by atoms with Crippen LogP contribution in [0, 0.1) is 5.41 Å². The quantitative estimate of drug-likeness (QED) is 0.522. The van der Waals surface area contributed by atoms with Gasteiger partial charge in [-0.15, -0.1) is 0 Å². The molecule has 0 spiro atoms. The molecule has 1 aliphatic carbocycles. The summed E-state index contributed by atoms with van der Waals surface area (Å²) in [6, 6.07) is 0. The van der Waals surface area contributed by atoms with Crippen molar-refractivity contribution < 1.29 is 0 Å². The highest BCUT2D eigenvalue weighted by atomic mass is 14.6. The van der Waals surface area contributed by atoms with E-state index in [1.807, 2.05) is 6.08 Å². The zero-order chi connectivity index (χ0) is 7.07. The molecular weight excluding hydrogens is 110 g/mol. The van der Waals surface area contributed by atoms with Gasteiger partial charge in [0.1, 0.15) is 0 Å². The lowest BCUT2D eigenvalue weighted by molar-refractivity contribution is 0.544. The average Bonchev–Trinajstić information content (AvgIpc) is 1.96. The maximum atomic E-state index is 5.71. The van der Waals surface area contributed by atoms with E-state index >= 15 is 0 Å². The zero-order valence-corrected chi connectivity index (χ0v) is 6.23. The van der Waals surface area contributed by atoms with Crippen molar-refractivity contribution in [1.29, 1.82) is 0 Å². The second-order valence-electron chi connectivity index (χ2n) is 3.10. The van der Waals surface area contributed by atoms with Crippen molar-refractivity contribution in [3.63, 3.8) is 0 Å². The van der Waals surface area contributed by atoms with Crippen LogP contribution in [-0.4, -0.2) is 0 Å². The van der Waals surface area contributed by atoms with E-state index < -0.39 is 0 Å². The number of hydrogen-bond acceptors (Lipinski definition) is 1. The fraction of sp³-hybridized carbons (Fsp3) is 0.500. The molecule has 0 aromatic rings. The first kappa shape index (κ1) is 6.40. The molecule has 50 valence electrons. The molecule has 0 aromatic heterocycles. The van der Waals surface area contributed by atoms with Crippen LogP contribution in [0.5, 0.6) is 0 Å². The van der Waals surface area contributed by atoms with E-state index in [1.54, 1.807) is 0 Å². The lowest BCUT2D eigenvalue weighted by atomic mass is 9.86. The van der Waals surface area contributed by atoms with Gasteiger partial charge in [-0.3, -0.25) is 0 Å². The number of nitrogens with two attached hydrogens (primary N) is 1. The third-order valence-electron chi connectivity index (χ3n) is 2.22. The Balaban J connectivity index is 2.96. The molecule has 0 unspecified atom stereocenters. The summed E-state index contributed by atoms with van der Waals surface area (Å²) < 4.78 is 0. The summed E-state index contributed by atoms with van der Waals surface area (Å²) in [5.41, 5.74) is 8.14. The fourth-order valence-electron chi connectivity index (χ4n) is 0.859. The van der Waals surface area contributed by atoms with Gasteiger partial charge in [-0.25, -0.2) is 0 Å². The number of allylic oxidation sites excluding steroid dienone is 3. The summed E-state index contributed by atoms with van der Waals surface area (Å²) in [5.74, 6) is 0. The molecule has 1 rings (SSSR count). The lowest BCUT2D eigenvalue weighted by Crippen LogP contribution is -2.18. The smallest absolute Gasteiger partial charge is 0.0251 e. The van der Waals surface area contributed by atoms with Gasteiger partial charge in [0.05, 0.1) is 0 Å². The van der Waals surface area contributed by atoms with Gasteiger partial charge in [-0.2, -0.15) is 0 Å². The predicted octanol–water partition coefficient (Wildman–Crippen LogP) is 1.82. The van der Waals surface area contributed by atoms with E-state index in [0.29, 0.717) is 0 Å². The van der Waals surface area contributed by atoms with Crippen molar-refractivity contribution in [3.05, 3.63) is 23.4 Å². The summed E-state index contributed by atoms with van der Waals surface area (Å²) in [6.45, 7) is 6.38. The molecule has 1 aliphatic rings. The van der Waals surface area contributed by atoms with E-state index in [-0.39, 0.29) is 5.41 Å². The van der Waals surface area contributed by atoms with Gasteiger partial charge in [-0.05, 0) is 13.0 Å². The summed E-state index contributed by atoms with van der Waals surface area (Å²) in [7, 11) is 0. The van der Waals surface area contributed by atoms with Gasteiger partial charge in [0.2, 0.25) is 0 Å². The molecule has 0 saturated heterocycles. The molecular formula is C8H13N. The molecule has 1 nitrogen and oxygen atoms in total. The van der Waals surface area contributed by atoms with Gasteiger partial charge in [0.25, 0.3) is 0 Å². The van der Waals surface area contributed by atoms with Gasteiger partial charge in [-0.1, -0.05) is 25.5 Å². The molecule has 0 aliphatic heterocycles. The minimum absolute atomic E-state index is 0.111. The van der Waals surface area contributed by atoms with Crippen molar-refractivity contribution in [2.75, 3.05) is 0 Å². The predicted molar refractivity (Wildman–Crippen MR) is 39.8 cm³/mol. The van der Waals surface area contributed by atoms with E-state index in [9.17, 15) is 0 Å². The largest absolute Gasteiger partial charge is 0.401 e. The average molecular weight is 123 g/mol. The van der Waals surface area contributed by atoms with Crippen LogP contribution in [0.15, 0.2) is 23.4 Å². The van der Waals surface area contributed by atoms with Crippen molar-refractivity contribution in [2.24, 2.45) is 11.1 Å². The standard InChI is InChI=1S/C8H13N/c1-6-4-5-7(9)8(6,2)3/h4-5H,9H2,1-3H3. The molecule has 0 heterocycles. The Morgan fingerprint density at radius 1 is 1.33 bits per heavy atom. The monoisotopic (exact) mass is 123 g/mol. The Bertz CT molecular complexity index is 165. The summed E-state index contributed by atoms with van der Waals surface area (Å²) >= 11 is 0. The molecule has 9 heavy (non-hydrogen) atoms. The first-order chi connectivity index (χ1) is 4.05. The second kappa shape index (κ2) is 1.63. The molecule has 1 heteroatoms. The van der Waals surface area contributed by atoms with Crippen LogP contribution in [0.2, 0.25) is 0 Å². The van der Waals surface area contributed by atoms with Crippen LogP contribution in [0.4, 0.5) is 0 Å². The molecule has 0 fully saturated rings. The Morgan fingerprint density at radius 3 is 2.00 bits per heavy atom. The highest BCUT2D eigenvalue weighted by molar-refractivity contribution is 5.35.